The van der Waals surface area contributed by atoms with Crippen LogP contribution in [0, 0.1) is 0 Å². The molecule has 0 unspecified atom stereocenters. The fraction of sp³-hybridized carbons (Fsp3) is 0.208. The SMILES string of the molecule is CC(=O)c1ccc(C(=O)Nc2sc3c(c2-c2nc4ccccc4s2)CCN(C)C3)cc1. The van der Waals surface area contributed by atoms with E-state index in [4.69, 9.17) is 4.98 Å². The molecule has 2 aromatic heterocycles. The number of thiazole rings is 1. The van der Waals surface area contributed by atoms with Crippen LogP contribution in [0.3, 0.4) is 0 Å². The lowest BCUT2D eigenvalue weighted by molar-refractivity contribution is 0.101. The molecule has 0 spiro atoms. The number of benzene rings is 2. The highest BCUT2D eigenvalue weighted by Crippen LogP contribution is 2.45. The van der Waals surface area contributed by atoms with Crippen LogP contribution in [0.15, 0.2) is 48.5 Å². The van der Waals surface area contributed by atoms with Crippen LogP contribution in [0.1, 0.15) is 38.1 Å². The Morgan fingerprint density at radius 3 is 2.52 bits per heavy atom. The molecule has 1 aliphatic rings. The van der Waals surface area contributed by atoms with E-state index < -0.39 is 0 Å². The smallest absolute Gasteiger partial charge is 0.256 e. The van der Waals surface area contributed by atoms with Crippen molar-refractivity contribution in [2.24, 2.45) is 0 Å². The van der Waals surface area contributed by atoms with Crippen LogP contribution in [0.25, 0.3) is 20.8 Å². The zero-order valence-corrected chi connectivity index (χ0v) is 18.9. The summed E-state index contributed by atoms with van der Waals surface area (Å²) in [5, 5.41) is 4.93. The first-order valence-electron chi connectivity index (χ1n) is 10.1. The molecule has 1 amide bonds. The molecule has 2 aromatic carbocycles. The summed E-state index contributed by atoms with van der Waals surface area (Å²) in [5.41, 5.74) is 4.46. The van der Waals surface area contributed by atoms with Crippen molar-refractivity contribution >= 4 is 49.6 Å². The summed E-state index contributed by atoms with van der Waals surface area (Å²) < 4.78 is 1.14. The quantitative estimate of drug-likeness (QED) is 0.422. The summed E-state index contributed by atoms with van der Waals surface area (Å²) in [7, 11) is 2.12. The minimum Gasteiger partial charge on any atom is -0.313 e. The van der Waals surface area contributed by atoms with Gasteiger partial charge in [-0.25, -0.2) is 4.98 Å². The number of rotatable bonds is 4. The van der Waals surface area contributed by atoms with Crippen LogP contribution in [-0.4, -0.2) is 35.2 Å². The van der Waals surface area contributed by atoms with Gasteiger partial charge in [-0.05, 0) is 50.2 Å². The Balaban J connectivity index is 1.54. The molecule has 7 heteroatoms. The van der Waals surface area contributed by atoms with Crippen molar-refractivity contribution in [3.8, 4) is 10.6 Å². The van der Waals surface area contributed by atoms with Crippen molar-refractivity contribution < 1.29 is 9.59 Å². The molecule has 1 aliphatic heterocycles. The van der Waals surface area contributed by atoms with Gasteiger partial charge in [0.1, 0.15) is 10.0 Å². The second kappa shape index (κ2) is 8.00. The van der Waals surface area contributed by atoms with E-state index in [1.165, 1.54) is 17.4 Å². The summed E-state index contributed by atoms with van der Waals surface area (Å²) in [6, 6.07) is 14.9. The summed E-state index contributed by atoms with van der Waals surface area (Å²) in [6.07, 6.45) is 0.941. The minimum absolute atomic E-state index is 0.0138. The minimum atomic E-state index is -0.176. The van der Waals surface area contributed by atoms with Gasteiger partial charge in [-0.15, -0.1) is 22.7 Å². The van der Waals surface area contributed by atoms with E-state index >= 15 is 0 Å². The van der Waals surface area contributed by atoms with E-state index in [-0.39, 0.29) is 11.7 Å². The lowest BCUT2D eigenvalue weighted by Crippen LogP contribution is -2.25. The second-order valence-corrected chi connectivity index (χ2v) is 9.91. The molecule has 31 heavy (non-hydrogen) atoms. The van der Waals surface area contributed by atoms with Crippen LogP contribution in [-0.2, 0) is 13.0 Å². The van der Waals surface area contributed by atoms with E-state index in [9.17, 15) is 9.59 Å². The van der Waals surface area contributed by atoms with Crippen molar-refractivity contribution in [2.75, 3.05) is 18.9 Å². The Labute approximate surface area is 188 Å². The fourth-order valence-corrected chi connectivity index (χ4v) is 6.29. The van der Waals surface area contributed by atoms with Crippen molar-refractivity contribution in [1.29, 1.82) is 0 Å². The monoisotopic (exact) mass is 447 g/mol. The number of Topliss-reactive ketones (excluding diaryl/α,β-unsaturated/α-hetero) is 1. The molecule has 0 saturated heterocycles. The van der Waals surface area contributed by atoms with E-state index in [2.05, 4.69) is 23.3 Å². The summed E-state index contributed by atoms with van der Waals surface area (Å²) in [4.78, 5) is 33.0. The Morgan fingerprint density at radius 1 is 1.03 bits per heavy atom. The molecule has 5 rings (SSSR count). The first kappa shape index (κ1) is 20.1. The predicted octanol–water partition coefficient (Wildman–Crippen LogP) is 5.47. The summed E-state index contributed by atoms with van der Waals surface area (Å²) in [5.74, 6) is -0.190. The number of carbonyl (C=O) groups excluding carboxylic acids is 2. The largest absolute Gasteiger partial charge is 0.313 e. The number of ketones is 1. The standard InChI is InChI=1S/C24H21N3O2S2/c1-14(28)15-7-9-16(10-8-15)22(29)26-24-21(17-11-12-27(2)13-20(17)31-24)23-25-18-5-3-4-6-19(18)30-23/h3-10H,11-13H2,1-2H3,(H,26,29). The number of para-hydroxylation sites is 1. The molecule has 0 bridgehead atoms. The molecule has 0 radical (unpaired) electrons. The molecule has 3 heterocycles. The van der Waals surface area contributed by atoms with Crippen LogP contribution in [0.4, 0.5) is 5.00 Å². The normalized spacial score (nSPS) is 13.9. The number of hydrogen-bond acceptors (Lipinski definition) is 6. The van der Waals surface area contributed by atoms with E-state index in [1.807, 2.05) is 18.2 Å². The number of likely N-dealkylation sites (N-methyl/N-ethyl adjacent to an activating group) is 1. The van der Waals surface area contributed by atoms with E-state index in [1.54, 1.807) is 46.9 Å². The van der Waals surface area contributed by atoms with Crippen molar-refractivity contribution in [1.82, 2.24) is 9.88 Å². The van der Waals surface area contributed by atoms with Gasteiger partial charge in [0.15, 0.2) is 5.78 Å². The predicted molar refractivity (Wildman–Crippen MR) is 127 cm³/mol. The topological polar surface area (TPSA) is 62.3 Å². The third-order valence-corrected chi connectivity index (χ3v) is 7.72. The first-order valence-corrected chi connectivity index (χ1v) is 11.7. The number of aromatic nitrogens is 1. The zero-order valence-electron chi connectivity index (χ0n) is 17.3. The summed E-state index contributed by atoms with van der Waals surface area (Å²) in [6.45, 7) is 3.38. The lowest BCUT2D eigenvalue weighted by atomic mass is 10.0. The van der Waals surface area contributed by atoms with Crippen LogP contribution >= 0.6 is 22.7 Å². The second-order valence-electron chi connectivity index (χ2n) is 7.77. The highest BCUT2D eigenvalue weighted by atomic mass is 32.1. The highest BCUT2D eigenvalue weighted by molar-refractivity contribution is 7.23. The molecule has 4 aromatic rings. The molecule has 0 saturated carbocycles. The number of nitrogens with one attached hydrogen (secondary N) is 1. The average Bonchev–Trinajstić information content (AvgIpc) is 3.33. The maximum atomic E-state index is 13.0. The Morgan fingerprint density at radius 2 is 1.77 bits per heavy atom. The number of amides is 1. The Hall–Kier alpha value is -2.87. The van der Waals surface area contributed by atoms with Crippen LogP contribution in [0.5, 0.6) is 0 Å². The number of nitrogens with zero attached hydrogens (tertiary/aromatic N) is 2. The highest BCUT2D eigenvalue weighted by Gasteiger charge is 2.27. The third-order valence-electron chi connectivity index (χ3n) is 5.54. The molecule has 156 valence electrons. The van der Waals surface area contributed by atoms with E-state index in [0.717, 1.165) is 45.3 Å². The van der Waals surface area contributed by atoms with Gasteiger partial charge < -0.3 is 10.2 Å². The Bertz CT molecular complexity index is 1270. The van der Waals surface area contributed by atoms with Crippen molar-refractivity contribution in [3.05, 3.63) is 70.1 Å². The maximum absolute atomic E-state index is 13.0. The van der Waals surface area contributed by atoms with Crippen LogP contribution in [0.2, 0.25) is 0 Å². The lowest BCUT2D eigenvalue weighted by Gasteiger charge is -2.22. The van der Waals surface area contributed by atoms with E-state index in [0.29, 0.717) is 11.1 Å². The number of anilines is 1. The van der Waals surface area contributed by atoms with Gasteiger partial charge in [0.05, 0.1) is 10.2 Å². The molecule has 0 aliphatic carbocycles. The molecule has 0 fully saturated rings. The number of hydrogen-bond donors (Lipinski definition) is 1. The fourth-order valence-electron chi connectivity index (χ4n) is 3.86. The van der Waals surface area contributed by atoms with Crippen molar-refractivity contribution in [3.63, 3.8) is 0 Å². The van der Waals surface area contributed by atoms with Gasteiger partial charge in [0, 0.05) is 34.7 Å². The molecule has 5 nitrogen and oxygen atoms in total. The van der Waals surface area contributed by atoms with Gasteiger partial charge in [0.2, 0.25) is 0 Å². The number of carbonyl (C=O) groups is 2. The number of fused-ring (bicyclic) bond motifs is 2. The average molecular weight is 448 g/mol. The van der Waals surface area contributed by atoms with Crippen molar-refractivity contribution in [2.45, 2.75) is 19.9 Å². The van der Waals surface area contributed by atoms with Crippen LogP contribution < -0.4 is 5.32 Å². The van der Waals surface area contributed by atoms with Gasteiger partial charge in [-0.2, -0.15) is 0 Å². The van der Waals surface area contributed by atoms with Gasteiger partial charge >= 0.3 is 0 Å². The molecular weight excluding hydrogens is 426 g/mol. The van der Waals surface area contributed by atoms with Gasteiger partial charge in [0.25, 0.3) is 5.91 Å². The summed E-state index contributed by atoms with van der Waals surface area (Å²) >= 11 is 3.30. The zero-order chi connectivity index (χ0) is 21.5. The van der Waals surface area contributed by atoms with Gasteiger partial charge in [-0.3, -0.25) is 9.59 Å². The third kappa shape index (κ3) is 3.80. The number of thiophene rings is 1. The Kier molecular flexibility index (Phi) is 5.17. The molecular formula is C24H21N3O2S2. The van der Waals surface area contributed by atoms with Gasteiger partial charge in [-0.1, -0.05) is 24.3 Å². The maximum Gasteiger partial charge on any atom is 0.256 e. The molecule has 1 N–H and O–H groups in total. The first-order chi connectivity index (χ1) is 15.0. The molecule has 0 atom stereocenters.